The Labute approximate surface area is 646 Å². The fourth-order valence-corrected chi connectivity index (χ4v) is 17.1. The van der Waals surface area contributed by atoms with E-state index < -0.39 is 152 Å². The highest BCUT2D eigenvalue weighted by Gasteiger charge is 2.50. The summed E-state index contributed by atoms with van der Waals surface area (Å²) in [6.45, 7) is 19.5. The van der Waals surface area contributed by atoms with Gasteiger partial charge in [-0.3, -0.25) is 14.4 Å². The van der Waals surface area contributed by atoms with E-state index in [1.54, 1.807) is 62.3 Å². The second-order valence-corrected chi connectivity index (χ2v) is 39.8. The van der Waals surface area contributed by atoms with Crippen molar-refractivity contribution in [1.82, 2.24) is 0 Å². The maximum Gasteiger partial charge on any atom is 0.364 e. The van der Waals surface area contributed by atoms with Gasteiger partial charge in [0.1, 0.15) is 11.5 Å². The molecule has 0 aliphatic carbocycles. The van der Waals surface area contributed by atoms with Crippen molar-refractivity contribution in [2.24, 2.45) is 16.2 Å². The highest BCUT2D eigenvalue weighted by atomic mass is 32.2. The van der Waals surface area contributed by atoms with Crippen LogP contribution in [0.4, 0.5) is 39.5 Å². The molecular formula is C76H96F9O19S5Si-. The summed E-state index contributed by atoms with van der Waals surface area (Å²) in [6.07, 6.45) is -11.4. The number of alkyl halides is 9. The van der Waals surface area contributed by atoms with Crippen LogP contribution in [0.3, 0.4) is 0 Å². The number of ether oxygens (including phenoxy) is 5. The Morgan fingerprint density at radius 1 is 0.436 bits per heavy atom. The van der Waals surface area contributed by atoms with Crippen LogP contribution in [0, 0.1) is 16.2 Å². The molecule has 6 aromatic carbocycles. The summed E-state index contributed by atoms with van der Waals surface area (Å²) in [5.74, 6) is -0.688. The van der Waals surface area contributed by atoms with E-state index in [1.807, 2.05) is 24.3 Å². The third kappa shape index (κ3) is 28.8. The van der Waals surface area contributed by atoms with Gasteiger partial charge in [-0.2, -0.15) is 26.3 Å². The van der Waals surface area contributed by atoms with Crippen LogP contribution in [-0.2, 0) is 90.3 Å². The van der Waals surface area contributed by atoms with Crippen molar-refractivity contribution in [2.45, 2.75) is 216 Å². The summed E-state index contributed by atoms with van der Waals surface area (Å²) in [7, 11) is -20.2. The van der Waals surface area contributed by atoms with Gasteiger partial charge in [0, 0.05) is 25.7 Å². The number of carbonyl (C=O) groups is 4. The van der Waals surface area contributed by atoms with E-state index in [0.717, 1.165) is 5.75 Å². The van der Waals surface area contributed by atoms with Crippen molar-refractivity contribution in [3.05, 3.63) is 170 Å². The van der Waals surface area contributed by atoms with Crippen LogP contribution >= 0.6 is 0 Å². The van der Waals surface area contributed by atoms with Crippen LogP contribution in [0.1, 0.15) is 128 Å². The molecule has 0 spiro atoms. The number of carbonyl (C=O) groups excluding carboxylic acids is 4. The van der Waals surface area contributed by atoms with Gasteiger partial charge in [0.05, 0.1) is 64.5 Å². The topological polar surface area (TPSA) is 295 Å². The first-order chi connectivity index (χ1) is 51.1. The average molecular weight is 1670 g/mol. The number of esters is 4. The molecule has 19 nitrogen and oxygen atoms in total. The van der Waals surface area contributed by atoms with Crippen LogP contribution in [0.5, 0.6) is 11.5 Å². The Kier molecular flexibility index (Phi) is 38.1. The van der Waals surface area contributed by atoms with E-state index in [0.29, 0.717) is 38.0 Å². The molecule has 612 valence electrons. The smallest absolute Gasteiger partial charge is 0.364 e. The van der Waals surface area contributed by atoms with E-state index in [4.69, 9.17) is 13.9 Å². The Morgan fingerprint density at radius 2 is 0.682 bits per heavy atom. The number of hydrogen-bond acceptors (Lipinski definition) is 19. The van der Waals surface area contributed by atoms with Gasteiger partial charge in [-0.1, -0.05) is 114 Å². The zero-order valence-corrected chi connectivity index (χ0v) is 68.2. The number of benzene rings is 6. The van der Waals surface area contributed by atoms with Crippen LogP contribution in [0.2, 0.25) is 18.1 Å². The lowest BCUT2D eigenvalue weighted by Gasteiger charge is -2.28. The average Bonchev–Trinajstić information content (AvgIpc) is 0.958. The van der Waals surface area contributed by atoms with Gasteiger partial charge in [0.2, 0.25) is 8.32 Å². The number of cyclic esters (lactones) is 1. The Bertz CT molecular complexity index is 3880. The van der Waals surface area contributed by atoms with Gasteiger partial charge in [-0.15, -0.1) is 0 Å². The first-order valence-corrected chi connectivity index (χ1v) is 44.2. The fourth-order valence-electron chi connectivity index (χ4n) is 9.06. The monoisotopic (exact) mass is 1670 g/mol. The van der Waals surface area contributed by atoms with Crippen molar-refractivity contribution < 1.29 is 126 Å². The van der Waals surface area contributed by atoms with Crippen molar-refractivity contribution in [3.63, 3.8) is 0 Å². The molecule has 1 saturated heterocycles. The molecule has 4 unspecified atom stereocenters. The van der Waals surface area contributed by atoms with Crippen molar-refractivity contribution in [3.8, 4) is 11.5 Å². The van der Waals surface area contributed by atoms with Crippen LogP contribution < -0.4 is 9.16 Å². The lowest BCUT2D eigenvalue weighted by Crippen LogP contribution is -2.39. The Balaban J connectivity index is 0.000000361. The number of halogens is 9. The molecule has 6 aromatic rings. The summed E-state index contributed by atoms with van der Waals surface area (Å²) in [5.41, 5.74) is -2.54. The summed E-state index contributed by atoms with van der Waals surface area (Å²) in [5, 5.41) is -15.1. The number of rotatable bonds is 34. The van der Waals surface area contributed by atoms with E-state index in [-0.39, 0.29) is 27.8 Å². The minimum atomic E-state index is -6.08. The van der Waals surface area contributed by atoms with Crippen LogP contribution in [0.25, 0.3) is 0 Å². The summed E-state index contributed by atoms with van der Waals surface area (Å²) >= 11 is 0. The van der Waals surface area contributed by atoms with E-state index in [2.05, 4.69) is 181 Å². The molecule has 1 fully saturated rings. The van der Waals surface area contributed by atoms with E-state index in [9.17, 15) is 97.6 Å². The van der Waals surface area contributed by atoms with Gasteiger partial charge in [-0.05, 0) is 176 Å². The second kappa shape index (κ2) is 43.2. The molecular weight excluding hydrogens is 1580 g/mol. The molecule has 4 atom stereocenters. The standard InChI is InChI=1S/C24H29OSSi.C22H19O3S.3C10H17F3O5S/c1-4-27(5-2,6-3)25-21-17-19-24(20-18-21)26(22-13-9-7-10-14-22)23-15-11-8-12-16-23;23-22-21(15-16-24-22)25-17-11-13-20(14-12-17)26(18-7-3-1-4-8-18)19-9-5-2-6-10-19;3*1-4-9(2,3)8(14)18-6-5-7(11)10(12,13)19(15,16)17/h7-20H,4-6H2,1-3H3;1-14,21H,15-16H2;3*7H,4-6H2,1-3H3,(H,15,16,17)/q2*+1;;;/p-3. The first kappa shape index (κ1) is 97.0. The zero-order valence-electron chi connectivity index (χ0n) is 63.1. The molecule has 0 radical (unpaired) electrons. The molecule has 1 aliphatic heterocycles. The summed E-state index contributed by atoms with van der Waals surface area (Å²) in [4.78, 5) is 53.6. The SMILES string of the molecule is CCC(C)(C)C(=O)OCCC(F)C(F)(F)S(=O)(=O)[O-].CCC(C)(C)C(=O)OCCC(F)C(F)(F)S(=O)(=O)[O-].CCC(C)(C)C(=O)OCCC(F)C(F)(F)S(=O)(=O)[O-].CC[Si](CC)(CC)Oc1ccc([S+](c2ccccc2)c2ccccc2)cc1.O=C1OCCC1Oc1ccc([S+](c2ccccc2)c2ccccc2)cc1. The third-order valence-corrected chi connectivity index (χ3v) is 29.4. The third-order valence-electron chi connectivity index (χ3n) is 17.7. The second-order valence-electron chi connectivity index (χ2n) is 26.7. The quantitative estimate of drug-likeness (QED) is 0.00905. The van der Waals surface area contributed by atoms with Gasteiger partial charge in [0.15, 0.2) is 84.3 Å². The van der Waals surface area contributed by atoms with Gasteiger partial charge in [-0.25, -0.2) is 43.2 Å². The molecule has 110 heavy (non-hydrogen) atoms. The summed E-state index contributed by atoms with van der Waals surface area (Å²) < 4.78 is 238. The van der Waals surface area contributed by atoms with Gasteiger partial charge < -0.3 is 41.8 Å². The molecule has 34 heteroatoms. The van der Waals surface area contributed by atoms with Crippen molar-refractivity contribution in [2.75, 3.05) is 26.4 Å². The first-order valence-electron chi connectivity index (χ1n) is 34.9. The lowest BCUT2D eigenvalue weighted by molar-refractivity contribution is -0.156. The minimum Gasteiger partial charge on any atom is -0.743 e. The fraction of sp³-hybridized carbons (Fsp3) is 0.474. The Hall–Kier alpha value is -7.18. The van der Waals surface area contributed by atoms with E-state index in [1.165, 1.54) is 47.5 Å². The lowest BCUT2D eigenvalue weighted by atomic mass is 9.91. The molecule has 0 saturated carbocycles. The normalized spacial score (nSPS) is 14.6. The predicted molar refractivity (Wildman–Crippen MR) is 398 cm³/mol. The molecule has 0 aromatic heterocycles. The molecule has 0 N–H and O–H groups in total. The predicted octanol–water partition coefficient (Wildman–Crippen LogP) is 17.1. The van der Waals surface area contributed by atoms with Crippen LogP contribution in [0.15, 0.2) is 199 Å². The summed E-state index contributed by atoms with van der Waals surface area (Å²) in [6, 6.07) is 62.9. The molecule has 0 bridgehead atoms. The van der Waals surface area contributed by atoms with Gasteiger partial charge >= 0.3 is 39.6 Å². The molecule has 7 rings (SSSR count). The molecule has 1 aliphatic rings. The maximum absolute atomic E-state index is 13.0. The highest BCUT2D eigenvalue weighted by molar-refractivity contribution is 7.97. The minimum absolute atomic E-state index is 0.0956. The van der Waals surface area contributed by atoms with Crippen LogP contribution in [-0.4, -0.2) is 138 Å². The van der Waals surface area contributed by atoms with Gasteiger partial charge in [0.25, 0.3) is 0 Å². The maximum atomic E-state index is 13.0. The van der Waals surface area contributed by atoms with Crippen molar-refractivity contribution in [1.29, 1.82) is 0 Å². The molecule has 1 heterocycles. The largest absolute Gasteiger partial charge is 0.743 e. The van der Waals surface area contributed by atoms with Crippen molar-refractivity contribution >= 4 is 84.3 Å². The number of hydrogen-bond donors (Lipinski definition) is 0. The van der Waals surface area contributed by atoms with E-state index >= 15 is 0 Å². The highest BCUT2D eigenvalue weighted by Crippen LogP contribution is 2.37. The Morgan fingerprint density at radius 3 is 0.900 bits per heavy atom. The zero-order chi connectivity index (χ0) is 83.3. The molecule has 0 amide bonds.